The molecule has 1 aromatic carbocycles. The van der Waals surface area contributed by atoms with Crippen molar-refractivity contribution >= 4 is 11.6 Å². The molecule has 0 aliphatic rings. The van der Waals surface area contributed by atoms with Gasteiger partial charge in [-0.1, -0.05) is 70.4 Å². The zero-order valence-electron chi connectivity index (χ0n) is 14.7. The number of hydrogen-bond acceptors (Lipinski definition) is 1. The number of aryl methyl sites for hydroxylation is 2. The summed E-state index contributed by atoms with van der Waals surface area (Å²) in [4.78, 5) is 12.0. The predicted molar refractivity (Wildman–Crippen MR) is 96.4 cm³/mol. The highest BCUT2D eigenvalue weighted by Gasteiger charge is 2.04. The highest BCUT2D eigenvalue weighted by atomic mass is 16.1. The van der Waals surface area contributed by atoms with Gasteiger partial charge in [0.1, 0.15) is 0 Å². The second-order valence-corrected chi connectivity index (χ2v) is 6.44. The Labute approximate surface area is 136 Å². The van der Waals surface area contributed by atoms with Crippen LogP contribution in [0.5, 0.6) is 0 Å². The van der Waals surface area contributed by atoms with E-state index in [2.05, 4.69) is 31.3 Å². The molecular weight excluding hydrogens is 270 g/mol. The van der Waals surface area contributed by atoms with E-state index < -0.39 is 0 Å². The number of rotatable bonds is 11. The lowest BCUT2D eigenvalue weighted by Gasteiger charge is -2.09. The van der Waals surface area contributed by atoms with Crippen LogP contribution in [-0.4, -0.2) is 5.91 Å². The maximum Gasteiger partial charge on any atom is 0.224 e. The molecule has 0 aliphatic heterocycles. The second-order valence-electron chi connectivity index (χ2n) is 6.44. The number of nitrogens with one attached hydrogen (secondary N) is 1. The fraction of sp³-hybridized carbons (Fsp3) is 0.650. The lowest BCUT2D eigenvalue weighted by atomic mass is 10.1. The second kappa shape index (κ2) is 11.3. The summed E-state index contributed by atoms with van der Waals surface area (Å²) in [7, 11) is 0. The zero-order valence-corrected chi connectivity index (χ0v) is 14.7. The Balaban J connectivity index is 2.07. The van der Waals surface area contributed by atoms with Gasteiger partial charge in [0, 0.05) is 12.1 Å². The highest BCUT2D eigenvalue weighted by molar-refractivity contribution is 5.91. The third-order valence-electron chi connectivity index (χ3n) is 4.17. The van der Waals surface area contributed by atoms with E-state index >= 15 is 0 Å². The van der Waals surface area contributed by atoms with Crippen molar-refractivity contribution in [3.05, 3.63) is 29.3 Å². The Kier molecular flexibility index (Phi) is 9.61. The van der Waals surface area contributed by atoms with Gasteiger partial charge in [0.25, 0.3) is 0 Å². The van der Waals surface area contributed by atoms with Crippen LogP contribution in [-0.2, 0) is 4.79 Å². The number of unbranched alkanes of at least 4 members (excludes halogenated alkanes) is 8. The van der Waals surface area contributed by atoms with Crippen molar-refractivity contribution < 1.29 is 4.79 Å². The van der Waals surface area contributed by atoms with Gasteiger partial charge in [-0.3, -0.25) is 4.79 Å². The number of hydrogen-bond donors (Lipinski definition) is 1. The first-order valence-corrected chi connectivity index (χ1v) is 9.00. The van der Waals surface area contributed by atoms with Crippen molar-refractivity contribution in [2.45, 2.75) is 85.0 Å². The summed E-state index contributed by atoms with van der Waals surface area (Å²) in [5.41, 5.74) is 3.27. The number of carbonyl (C=O) groups excluding carboxylic acids is 1. The molecular formula is C20H33NO. The van der Waals surface area contributed by atoms with E-state index in [0.717, 1.165) is 17.7 Å². The average Bonchev–Trinajstić information content (AvgIpc) is 2.49. The molecule has 1 rings (SSSR count). The average molecular weight is 303 g/mol. The molecule has 0 fully saturated rings. The molecule has 0 bridgehead atoms. The molecule has 0 spiro atoms. The Bertz CT molecular complexity index is 439. The molecule has 0 radical (unpaired) electrons. The number of anilines is 1. The summed E-state index contributed by atoms with van der Waals surface area (Å²) in [5, 5.41) is 3.04. The molecule has 22 heavy (non-hydrogen) atoms. The maximum atomic E-state index is 12.0. The SMILES string of the molecule is CCCCCCCCCCCC(=O)Nc1cc(C)ccc1C. The summed E-state index contributed by atoms with van der Waals surface area (Å²) in [6, 6.07) is 6.18. The normalized spacial score (nSPS) is 10.7. The largest absolute Gasteiger partial charge is 0.326 e. The Hall–Kier alpha value is -1.31. The molecule has 0 aliphatic carbocycles. The smallest absolute Gasteiger partial charge is 0.224 e. The van der Waals surface area contributed by atoms with Crippen molar-refractivity contribution in [2.24, 2.45) is 0 Å². The van der Waals surface area contributed by atoms with Crippen molar-refractivity contribution in [3.63, 3.8) is 0 Å². The lowest BCUT2D eigenvalue weighted by Crippen LogP contribution is -2.12. The number of benzene rings is 1. The molecule has 2 heteroatoms. The van der Waals surface area contributed by atoms with Crippen LogP contribution in [0.1, 0.15) is 82.3 Å². The molecule has 0 atom stereocenters. The molecule has 1 amide bonds. The molecule has 2 nitrogen and oxygen atoms in total. The van der Waals surface area contributed by atoms with Crippen LogP contribution >= 0.6 is 0 Å². The van der Waals surface area contributed by atoms with Gasteiger partial charge >= 0.3 is 0 Å². The van der Waals surface area contributed by atoms with Gasteiger partial charge in [-0.05, 0) is 37.5 Å². The van der Waals surface area contributed by atoms with Crippen molar-refractivity contribution in [2.75, 3.05) is 5.32 Å². The van der Waals surface area contributed by atoms with E-state index in [1.807, 2.05) is 13.0 Å². The van der Waals surface area contributed by atoms with Gasteiger partial charge in [-0.25, -0.2) is 0 Å². The van der Waals surface area contributed by atoms with Gasteiger partial charge in [0.05, 0.1) is 0 Å². The lowest BCUT2D eigenvalue weighted by molar-refractivity contribution is -0.116. The molecule has 0 heterocycles. The van der Waals surface area contributed by atoms with Crippen LogP contribution in [0.3, 0.4) is 0 Å². The Morgan fingerprint density at radius 3 is 2.14 bits per heavy atom. The van der Waals surface area contributed by atoms with Crippen LogP contribution in [0.15, 0.2) is 18.2 Å². The van der Waals surface area contributed by atoms with E-state index in [1.54, 1.807) is 0 Å². The number of amides is 1. The molecule has 1 N–H and O–H groups in total. The quantitative estimate of drug-likeness (QED) is 0.487. The third kappa shape index (κ3) is 8.21. The summed E-state index contributed by atoms with van der Waals surface area (Å²) in [6.45, 7) is 6.34. The van der Waals surface area contributed by atoms with Gasteiger partial charge in [-0.2, -0.15) is 0 Å². The standard InChI is InChI=1S/C20H33NO/c1-4-5-6-7-8-9-10-11-12-13-20(22)21-19-16-17(2)14-15-18(19)3/h14-16H,4-13H2,1-3H3,(H,21,22). The van der Waals surface area contributed by atoms with E-state index in [-0.39, 0.29) is 5.91 Å². The molecule has 0 unspecified atom stereocenters. The van der Waals surface area contributed by atoms with E-state index in [4.69, 9.17) is 0 Å². The summed E-state index contributed by atoms with van der Waals surface area (Å²) in [6.07, 6.45) is 12.2. The minimum atomic E-state index is 0.150. The van der Waals surface area contributed by atoms with Crippen LogP contribution in [0.2, 0.25) is 0 Å². The topological polar surface area (TPSA) is 29.1 Å². The van der Waals surface area contributed by atoms with Gasteiger partial charge < -0.3 is 5.32 Å². The summed E-state index contributed by atoms with van der Waals surface area (Å²) >= 11 is 0. The minimum Gasteiger partial charge on any atom is -0.326 e. The predicted octanol–water partition coefficient (Wildman–Crippen LogP) is 6.16. The van der Waals surface area contributed by atoms with E-state index in [1.165, 1.54) is 56.9 Å². The van der Waals surface area contributed by atoms with Gasteiger partial charge in [-0.15, -0.1) is 0 Å². The van der Waals surface area contributed by atoms with Gasteiger partial charge in [0.2, 0.25) is 5.91 Å². The first-order valence-electron chi connectivity index (χ1n) is 9.00. The van der Waals surface area contributed by atoms with Crippen molar-refractivity contribution in [3.8, 4) is 0 Å². The van der Waals surface area contributed by atoms with Crippen LogP contribution < -0.4 is 5.32 Å². The van der Waals surface area contributed by atoms with Gasteiger partial charge in [0.15, 0.2) is 0 Å². The maximum absolute atomic E-state index is 12.0. The van der Waals surface area contributed by atoms with E-state index in [0.29, 0.717) is 6.42 Å². The van der Waals surface area contributed by atoms with Crippen LogP contribution in [0, 0.1) is 13.8 Å². The Morgan fingerprint density at radius 1 is 0.909 bits per heavy atom. The summed E-state index contributed by atoms with van der Waals surface area (Å²) in [5.74, 6) is 0.150. The minimum absolute atomic E-state index is 0.150. The summed E-state index contributed by atoms with van der Waals surface area (Å²) < 4.78 is 0. The highest BCUT2D eigenvalue weighted by Crippen LogP contribution is 2.17. The fourth-order valence-corrected chi connectivity index (χ4v) is 2.68. The Morgan fingerprint density at radius 2 is 1.50 bits per heavy atom. The molecule has 0 saturated carbocycles. The van der Waals surface area contributed by atoms with Crippen molar-refractivity contribution in [1.82, 2.24) is 0 Å². The fourth-order valence-electron chi connectivity index (χ4n) is 2.68. The third-order valence-corrected chi connectivity index (χ3v) is 4.17. The molecule has 0 aromatic heterocycles. The van der Waals surface area contributed by atoms with Crippen LogP contribution in [0.4, 0.5) is 5.69 Å². The number of carbonyl (C=O) groups is 1. The molecule has 0 saturated heterocycles. The van der Waals surface area contributed by atoms with Crippen molar-refractivity contribution in [1.29, 1.82) is 0 Å². The zero-order chi connectivity index (χ0) is 16.2. The van der Waals surface area contributed by atoms with E-state index in [9.17, 15) is 4.79 Å². The first kappa shape index (κ1) is 18.7. The molecule has 124 valence electrons. The monoisotopic (exact) mass is 303 g/mol. The molecule has 1 aromatic rings. The first-order chi connectivity index (χ1) is 10.6. The van der Waals surface area contributed by atoms with Crippen LogP contribution in [0.25, 0.3) is 0 Å².